The molecule has 0 aromatic heterocycles. The van der Waals surface area contributed by atoms with Crippen LogP contribution < -0.4 is 5.32 Å². The molecule has 2 atom stereocenters. The molecule has 2 amide bonds. The normalized spacial score (nSPS) is 21.9. The topological polar surface area (TPSA) is 74.2 Å². The minimum absolute atomic E-state index is 0.164. The van der Waals surface area contributed by atoms with Gasteiger partial charge in [0.1, 0.15) is 11.4 Å². The zero-order valence-electron chi connectivity index (χ0n) is 20.8. The number of ether oxygens (including phenoxy) is 1. The van der Waals surface area contributed by atoms with Gasteiger partial charge in [0.05, 0.1) is 24.4 Å². The summed E-state index contributed by atoms with van der Waals surface area (Å²) in [6.45, 7) is 6.62. The van der Waals surface area contributed by atoms with Gasteiger partial charge in [-0.25, -0.2) is 4.39 Å². The van der Waals surface area contributed by atoms with Crippen molar-refractivity contribution < 1.29 is 18.7 Å². The zero-order valence-corrected chi connectivity index (χ0v) is 20.8. The second kappa shape index (κ2) is 11.2. The van der Waals surface area contributed by atoms with Crippen LogP contribution in [0.3, 0.4) is 0 Å². The molecule has 0 spiro atoms. The molecule has 0 radical (unpaired) electrons. The molecule has 0 fully saturated rings. The first-order valence-corrected chi connectivity index (χ1v) is 12.5. The van der Waals surface area contributed by atoms with Crippen molar-refractivity contribution in [3.05, 3.63) is 58.6 Å². The van der Waals surface area contributed by atoms with E-state index in [4.69, 9.17) is 9.73 Å². The molecule has 7 nitrogen and oxygen atoms in total. The van der Waals surface area contributed by atoms with E-state index in [0.717, 1.165) is 41.7 Å². The molecular weight excluding hydrogens is 447 g/mol. The number of aliphatic imine (C=N–C) groups is 1. The number of hydrogen-bond acceptors (Lipinski definition) is 5. The molecule has 0 saturated carbocycles. The summed E-state index contributed by atoms with van der Waals surface area (Å²) in [7, 11) is 1.98. The first kappa shape index (κ1) is 25.1. The van der Waals surface area contributed by atoms with Crippen molar-refractivity contribution in [3.63, 3.8) is 0 Å². The van der Waals surface area contributed by atoms with E-state index in [1.807, 2.05) is 18.9 Å². The summed E-state index contributed by atoms with van der Waals surface area (Å²) in [6.07, 6.45) is 5.45. The maximum atomic E-state index is 13.6. The number of benzene rings is 1. The van der Waals surface area contributed by atoms with E-state index in [2.05, 4.69) is 23.3 Å². The average Bonchev–Trinajstić information content (AvgIpc) is 3.06. The molecule has 1 N–H and O–H groups in total. The number of unbranched alkanes of at least 4 members (excludes halogenated alkanes) is 1. The molecule has 0 aliphatic carbocycles. The van der Waals surface area contributed by atoms with Crippen molar-refractivity contribution in [2.75, 3.05) is 39.9 Å². The number of likely N-dealkylation sites (N-methyl/N-ethyl adjacent to an activating group) is 1. The molecular formula is C27H35FN4O3. The summed E-state index contributed by atoms with van der Waals surface area (Å²) in [6, 6.07) is 6.07. The van der Waals surface area contributed by atoms with Crippen molar-refractivity contribution >= 4 is 17.5 Å². The third kappa shape index (κ3) is 5.32. The van der Waals surface area contributed by atoms with Gasteiger partial charge in [0.15, 0.2) is 0 Å². The highest BCUT2D eigenvalue weighted by Gasteiger charge is 2.48. The molecule has 3 heterocycles. The van der Waals surface area contributed by atoms with Gasteiger partial charge in [-0.1, -0.05) is 25.5 Å². The Hall–Kier alpha value is -3.00. The van der Waals surface area contributed by atoms with Crippen molar-refractivity contribution in [1.82, 2.24) is 15.1 Å². The first-order valence-electron chi connectivity index (χ1n) is 12.5. The second-order valence-electron chi connectivity index (χ2n) is 9.41. The Bertz CT molecular complexity index is 1050. The molecule has 0 bridgehead atoms. The lowest BCUT2D eigenvalue weighted by molar-refractivity contribution is -0.133. The lowest BCUT2D eigenvalue weighted by Crippen LogP contribution is -2.62. The van der Waals surface area contributed by atoms with Gasteiger partial charge in [-0.05, 0) is 48.6 Å². The summed E-state index contributed by atoms with van der Waals surface area (Å²) >= 11 is 0. The number of nitrogens with zero attached hydrogens (tertiary/aromatic N) is 3. The quantitative estimate of drug-likeness (QED) is 0.434. The largest absolute Gasteiger partial charge is 0.380 e. The van der Waals surface area contributed by atoms with Crippen LogP contribution in [-0.2, 0) is 20.7 Å². The highest BCUT2D eigenvalue weighted by atomic mass is 19.1. The summed E-state index contributed by atoms with van der Waals surface area (Å²) in [5, 5.41) is 2.87. The van der Waals surface area contributed by atoms with Gasteiger partial charge in [0, 0.05) is 45.9 Å². The number of carbonyl (C=O) groups excluding carboxylic acids is 2. The maximum absolute atomic E-state index is 13.6. The van der Waals surface area contributed by atoms with Crippen LogP contribution in [0.4, 0.5) is 4.39 Å². The van der Waals surface area contributed by atoms with Gasteiger partial charge in [-0.15, -0.1) is 0 Å². The first-order chi connectivity index (χ1) is 16.9. The number of carbonyl (C=O) groups is 2. The van der Waals surface area contributed by atoms with Crippen molar-refractivity contribution in [1.29, 1.82) is 0 Å². The fourth-order valence-corrected chi connectivity index (χ4v) is 5.19. The molecule has 2 unspecified atom stereocenters. The molecule has 188 valence electrons. The van der Waals surface area contributed by atoms with Crippen LogP contribution in [0.2, 0.25) is 0 Å². The smallest absolute Gasteiger partial charge is 0.260 e. The molecule has 8 heteroatoms. The Kier molecular flexibility index (Phi) is 8.00. The van der Waals surface area contributed by atoms with Crippen molar-refractivity contribution in [3.8, 4) is 0 Å². The van der Waals surface area contributed by atoms with Gasteiger partial charge in [0.2, 0.25) is 0 Å². The van der Waals surface area contributed by atoms with E-state index in [1.165, 1.54) is 12.1 Å². The van der Waals surface area contributed by atoms with Crippen LogP contribution in [0.1, 0.15) is 38.7 Å². The zero-order chi connectivity index (χ0) is 24.9. The minimum atomic E-state index is -0.345. The molecule has 0 saturated heterocycles. The molecule has 4 rings (SSSR count). The Morgan fingerprint density at radius 1 is 1.23 bits per heavy atom. The molecule has 1 aromatic rings. The predicted molar refractivity (Wildman–Crippen MR) is 134 cm³/mol. The number of halogens is 1. The van der Waals surface area contributed by atoms with E-state index in [0.29, 0.717) is 39.3 Å². The van der Waals surface area contributed by atoms with Crippen LogP contribution in [-0.4, -0.2) is 79.3 Å². The number of hydrogen-bond donors (Lipinski definition) is 1. The second-order valence-corrected chi connectivity index (χ2v) is 9.41. The van der Waals surface area contributed by atoms with E-state index in [-0.39, 0.29) is 35.3 Å². The van der Waals surface area contributed by atoms with Crippen LogP contribution in [0.25, 0.3) is 0 Å². The van der Waals surface area contributed by atoms with Gasteiger partial charge in [-0.3, -0.25) is 14.6 Å². The fourth-order valence-electron chi connectivity index (χ4n) is 5.19. The van der Waals surface area contributed by atoms with Crippen LogP contribution in [0.15, 0.2) is 52.2 Å². The van der Waals surface area contributed by atoms with Gasteiger partial charge < -0.3 is 19.9 Å². The molecule has 3 aliphatic heterocycles. The summed E-state index contributed by atoms with van der Waals surface area (Å²) < 4.78 is 18.9. The molecule has 35 heavy (non-hydrogen) atoms. The van der Waals surface area contributed by atoms with Crippen LogP contribution in [0, 0.1) is 5.82 Å². The highest BCUT2D eigenvalue weighted by Crippen LogP contribution is 2.36. The van der Waals surface area contributed by atoms with Crippen molar-refractivity contribution in [2.45, 2.75) is 51.6 Å². The molecule has 1 aromatic carbocycles. The Morgan fingerprint density at radius 2 is 2.00 bits per heavy atom. The monoisotopic (exact) mass is 482 g/mol. The summed E-state index contributed by atoms with van der Waals surface area (Å²) in [5.41, 5.74) is 3.88. The lowest BCUT2D eigenvalue weighted by Gasteiger charge is -2.48. The Morgan fingerprint density at radius 3 is 2.74 bits per heavy atom. The third-order valence-corrected chi connectivity index (χ3v) is 6.90. The van der Waals surface area contributed by atoms with Gasteiger partial charge in [-0.2, -0.15) is 0 Å². The third-order valence-electron chi connectivity index (χ3n) is 6.90. The van der Waals surface area contributed by atoms with E-state index in [1.54, 1.807) is 12.1 Å². The Labute approximate surface area is 206 Å². The fraction of sp³-hybridized carbons (Fsp3) is 0.519. The molecule has 3 aliphatic rings. The summed E-state index contributed by atoms with van der Waals surface area (Å²) in [5.74, 6) is -0.847. The number of amides is 2. The van der Waals surface area contributed by atoms with Crippen LogP contribution in [0.5, 0.6) is 0 Å². The van der Waals surface area contributed by atoms with Gasteiger partial charge in [0.25, 0.3) is 11.8 Å². The standard InChI is InChI=1S/C27H35FN4O3/c1-4-5-14-35-15-12-30-26(33)22-18(2)24-25-23(29-11-6-13-32(25)27(22)34)20(17-31(24)3)16-19-7-9-21(28)10-8-19/h7-10,17,24-25H,4-6,11-16H2,1-3H3,(H,30,33). The predicted octanol–water partition coefficient (Wildman–Crippen LogP) is 2.87. The summed E-state index contributed by atoms with van der Waals surface area (Å²) in [4.78, 5) is 35.5. The minimum Gasteiger partial charge on any atom is -0.380 e. The van der Waals surface area contributed by atoms with E-state index in [9.17, 15) is 14.0 Å². The SMILES string of the molecule is CCCCOCCNC(=O)C1=C(C)C2C3C(=NCCCN3C1=O)C(Cc1ccc(F)cc1)=CN2C. The van der Waals surface area contributed by atoms with E-state index >= 15 is 0 Å². The number of rotatable bonds is 9. The average molecular weight is 483 g/mol. The van der Waals surface area contributed by atoms with E-state index < -0.39 is 0 Å². The lowest BCUT2D eigenvalue weighted by atomic mass is 9.80. The van der Waals surface area contributed by atoms with Gasteiger partial charge >= 0.3 is 0 Å². The van der Waals surface area contributed by atoms with Crippen LogP contribution >= 0.6 is 0 Å². The van der Waals surface area contributed by atoms with Crippen molar-refractivity contribution in [2.24, 2.45) is 4.99 Å². The Balaban J connectivity index is 1.59. The maximum Gasteiger partial charge on any atom is 0.260 e. The number of nitrogens with one attached hydrogen (secondary N) is 1. The highest BCUT2D eigenvalue weighted by molar-refractivity contribution is 6.22.